The van der Waals surface area contributed by atoms with Crippen molar-refractivity contribution in [1.29, 1.82) is 0 Å². The maximum Gasteiger partial charge on any atom is 0.338 e. The number of nitro groups is 1. The Hall–Kier alpha value is -2.48. The molecule has 0 atom stereocenters. The molecule has 0 aromatic heterocycles. The summed E-state index contributed by atoms with van der Waals surface area (Å²) in [6, 6.07) is 7.42. The molecule has 2 rings (SSSR count). The lowest BCUT2D eigenvalue weighted by atomic mass is 10.1. The van der Waals surface area contributed by atoms with Crippen molar-refractivity contribution in [3.05, 3.63) is 62.4 Å². The average Bonchev–Trinajstić information content (AvgIpc) is 2.42. The van der Waals surface area contributed by atoms with E-state index < -0.39 is 16.7 Å². The number of nitro benzene ring substituents is 1. The van der Waals surface area contributed by atoms with E-state index in [1.54, 1.807) is 0 Å². The molecule has 108 valence electrons. The molecule has 0 bridgehead atoms. The quantitative estimate of drug-likeness (QED) is 0.640. The standard InChI is InChI=1S/C13H8BrFN2O4/c14-7-1-3-10(15)12(5-7)16-11-4-2-8(17(20)21)6-9(11)13(18)19/h1-6,16H,(H,18,19). The Kier molecular flexibility index (Phi) is 4.18. The number of hydrogen-bond donors (Lipinski definition) is 2. The van der Waals surface area contributed by atoms with E-state index in [4.69, 9.17) is 5.11 Å². The highest BCUT2D eigenvalue weighted by Crippen LogP contribution is 2.28. The number of nitrogens with one attached hydrogen (secondary N) is 1. The zero-order valence-corrected chi connectivity index (χ0v) is 11.9. The Morgan fingerprint density at radius 2 is 1.95 bits per heavy atom. The van der Waals surface area contributed by atoms with E-state index >= 15 is 0 Å². The Labute approximate surface area is 126 Å². The van der Waals surface area contributed by atoms with E-state index in [0.29, 0.717) is 4.47 Å². The third-order valence-electron chi connectivity index (χ3n) is 2.64. The summed E-state index contributed by atoms with van der Waals surface area (Å²) in [7, 11) is 0. The maximum atomic E-state index is 13.7. The molecule has 8 heteroatoms. The summed E-state index contributed by atoms with van der Waals surface area (Å²) < 4.78 is 14.3. The molecular formula is C13H8BrFN2O4. The van der Waals surface area contributed by atoms with Crippen molar-refractivity contribution in [2.24, 2.45) is 0 Å². The second kappa shape index (κ2) is 5.88. The predicted octanol–water partition coefficient (Wildman–Crippen LogP) is 3.94. The van der Waals surface area contributed by atoms with E-state index in [-0.39, 0.29) is 22.6 Å². The number of rotatable bonds is 4. The summed E-state index contributed by atoms with van der Waals surface area (Å²) in [5, 5.41) is 22.4. The number of nitrogens with zero attached hydrogens (tertiary/aromatic N) is 1. The van der Waals surface area contributed by atoms with Gasteiger partial charge in [0.25, 0.3) is 5.69 Å². The second-order valence-electron chi connectivity index (χ2n) is 4.04. The van der Waals surface area contributed by atoms with Crippen molar-refractivity contribution in [3.63, 3.8) is 0 Å². The molecule has 0 saturated carbocycles. The minimum Gasteiger partial charge on any atom is -0.478 e. The Balaban J connectivity index is 2.46. The zero-order valence-electron chi connectivity index (χ0n) is 10.3. The highest BCUT2D eigenvalue weighted by molar-refractivity contribution is 9.10. The third-order valence-corrected chi connectivity index (χ3v) is 3.14. The normalized spacial score (nSPS) is 10.2. The summed E-state index contributed by atoms with van der Waals surface area (Å²) in [4.78, 5) is 21.1. The molecule has 0 aliphatic heterocycles. The van der Waals surface area contributed by atoms with Gasteiger partial charge < -0.3 is 10.4 Å². The van der Waals surface area contributed by atoms with Gasteiger partial charge in [-0.05, 0) is 24.3 Å². The van der Waals surface area contributed by atoms with Gasteiger partial charge in [-0.2, -0.15) is 0 Å². The van der Waals surface area contributed by atoms with Crippen LogP contribution in [0.15, 0.2) is 40.9 Å². The first-order valence-electron chi connectivity index (χ1n) is 5.62. The second-order valence-corrected chi connectivity index (χ2v) is 4.96. The molecule has 0 radical (unpaired) electrons. The van der Waals surface area contributed by atoms with Gasteiger partial charge in [-0.1, -0.05) is 15.9 Å². The summed E-state index contributed by atoms with van der Waals surface area (Å²) in [5.74, 6) is -1.93. The highest BCUT2D eigenvalue weighted by Gasteiger charge is 2.17. The number of carboxylic acids is 1. The summed E-state index contributed by atoms with van der Waals surface area (Å²) >= 11 is 3.18. The van der Waals surface area contributed by atoms with Crippen molar-refractivity contribution in [2.45, 2.75) is 0 Å². The fourth-order valence-corrected chi connectivity index (χ4v) is 2.03. The fourth-order valence-electron chi connectivity index (χ4n) is 1.67. The number of halogens is 2. The lowest BCUT2D eigenvalue weighted by Gasteiger charge is -2.10. The first-order chi connectivity index (χ1) is 9.88. The van der Waals surface area contributed by atoms with Gasteiger partial charge in [-0.15, -0.1) is 0 Å². The number of anilines is 2. The van der Waals surface area contributed by atoms with Crippen LogP contribution in [0.2, 0.25) is 0 Å². The zero-order chi connectivity index (χ0) is 15.6. The van der Waals surface area contributed by atoms with E-state index in [2.05, 4.69) is 21.2 Å². The molecule has 0 saturated heterocycles. The minimum atomic E-state index is -1.35. The molecule has 2 N–H and O–H groups in total. The monoisotopic (exact) mass is 354 g/mol. The van der Waals surface area contributed by atoms with Crippen LogP contribution in [0.1, 0.15) is 10.4 Å². The number of non-ortho nitro benzene ring substituents is 1. The van der Waals surface area contributed by atoms with Crippen LogP contribution >= 0.6 is 15.9 Å². The van der Waals surface area contributed by atoms with E-state index in [9.17, 15) is 19.3 Å². The smallest absolute Gasteiger partial charge is 0.338 e. The van der Waals surface area contributed by atoms with Gasteiger partial charge in [-0.3, -0.25) is 10.1 Å². The topological polar surface area (TPSA) is 92.5 Å². The number of carbonyl (C=O) groups is 1. The largest absolute Gasteiger partial charge is 0.478 e. The molecule has 0 unspecified atom stereocenters. The van der Waals surface area contributed by atoms with Gasteiger partial charge >= 0.3 is 5.97 Å². The van der Waals surface area contributed by atoms with Crippen LogP contribution in [0.25, 0.3) is 0 Å². The molecule has 0 aliphatic rings. The van der Waals surface area contributed by atoms with Crippen LogP contribution in [-0.2, 0) is 0 Å². The molecule has 6 nitrogen and oxygen atoms in total. The van der Waals surface area contributed by atoms with Crippen molar-refractivity contribution in [2.75, 3.05) is 5.32 Å². The van der Waals surface area contributed by atoms with Crippen LogP contribution in [0.4, 0.5) is 21.5 Å². The fraction of sp³-hybridized carbons (Fsp3) is 0. The number of aromatic carboxylic acids is 1. The SMILES string of the molecule is O=C(O)c1cc([N+](=O)[O-])ccc1Nc1cc(Br)ccc1F. The predicted molar refractivity (Wildman–Crippen MR) is 77.4 cm³/mol. The van der Waals surface area contributed by atoms with Crippen molar-refractivity contribution in [3.8, 4) is 0 Å². The van der Waals surface area contributed by atoms with Crippen LogP contribution in [0.5, 0.6) is 0 Å². The molecule has 0 heterocycles. The highest BCUT2D eigenvalue weighted by atomic mass is 79.9. The Morgan fingerprint density at radius 1 is 1.24 bits per heavy atom. The van der Waals surface area contributed by atoms with Gasteiger partial charge in [0.15, 0.2) is 0 Å². The lowest BCUT2D eigenvalue weighted by Crippen LogP contribution is -2.04. The van der Waals surface area contributed by atoms with Gasteiger partial charge in [0.1, 0.15) is 5.82 Å². The first kappa shape index (κ1) is 14.9. The van der Waals surface area contributed by atoms with Crippen LogP contribution in [-0.4, -0.2) is 16.0 Å². The van der Waals surface area contributed by atoms with Crippen LogP contribution < -0.4 is 5.32 Å². The van der Waals surface area contributed by atoms with Crippen molar-refractivity contribution < 1.29 is 19.2 Å². The van der Waals surface area contributed by atoms with E-state index in [1.165, 1.54) is 24.3 Å². The molecule has 0 amide bonds. The minimum absolute atomic E-state index is 0.0562. The molecule has 2 aromatic carbocycles. The lowest BCUT2D eigenvalue weighted by molar-refractivity contribution is -0.384. The first-order valence-corrected chi connectivity index (χ1v) is 6.41. The van der Waals surface area contributed by atoms with Crippen LogP contribution in [0, 0.1) is 15.9 Å². The van der Waals surface area contributed by atoms with Gasteiger partial charge in [0.05, 0.1) is 21.9 Å². The molecular weight excluding hydrogens is 347 g/mol. The molecule has 2 aromatic rings. The van der Waals surface area contributed by atoms with Crippen LogP contribution in [0.3, 0.4) is 0 Å². The third kappa shape index (κ3) is 3.34. The molecule has 0 spiro atoms. The molecule has 0 aliphatic carbocycles. The Morgan fingerprint density at radius 3 is 2.57 bits per heavy atom. The van der Waals surface area contributed by atoms with E-state index in [0.717, 1.165) is 12.1 Å². The number of carboxylic acid groups (broad SMARTS) is 1. The van der Waals surface area contributed by atoms with Crippen molar-refractivity contribution in [1.82, 2.24) is 0 Å². The van der Waals surface area contributed by atoms with Gasteiger partial charge in [0.2, 0.25) is 0 Å². The Bertz CT molecular complexity index is 736. The van der Waals surface area contributed by atoms with Crippen molar-refractivity contribution >= 4 is 39.0 Å². The maximum absolute atomic E-state index is 13.7. The molecule has 21 heavy (non-hydrogen) atoms. The summed E-state index contributed by atoms with van der Waals surface area (Å²) in [5.41, 5.74) is -0.554. The van der Waals surface area contributed by atoms with E-state index in [1.807, 2.05) is 0 Å². The summed E-state index contributed by atoms with van der Waals surface area (Å²) in [6.45, 7) is 0. The summed E-state index contributed by atoms with van der Waals surface area (Å²) in [6.07, 6.45) is 0. The number of benzene rings is 2. The molecule has 0 fully saturated rings. The number of hydrogen-bond acceptors (Lipinski definition) is 4. The van der Waals surface area contributed by atoms with Gasteiger partial charge in [0, 0.05) is 16.6 Å². The van der Waals surface area contributed by atoms with Gasteiger partial charge in [-0.25, -0.2) is 9.18 Å². The average molecular weight is 355 g/mol.